The summed E-state index contributed by atoms with van der Waals surface area (Å²) in [6, 6.07) is 7.68. The van der Waals surface area contributed by atoms with Gasteiger partial charge in [-0.3, -0.25) is 14.4 Å². The molecule has 38 heavy (non-hydrogen) atoms. The molecule has 1 aliphatic rings. The number of carbonyl (C=O) groups excluding carboxylic acids is 3. The number of benzene rings is 2. The van der Waals surface area contributed by atoms with E-state index in [1.54, 1.807) is 37.3 Å². The molecule has 1 fully saturated rings. The molecule has 0 spiro atoms. The van der Waals surface area contributed by atoms with Crippen LogP contribution in [0.1, 0.15) is 49.0 Å². The number of amides is 3. The fraction of sp³-hybridized carbons (Fsp3) is 0.269. The molecule has 1 aliphatic carbocycles. The van der Waals surface area contributed by atoms with Crippen LogP contribution < -0.4 is 16.0 Å². The Balaban J connectivity index is 1.78. The van der Waals surface area contributed by atoms with E-state index < -0.39 is 28.0 Å². The van der Waals surface area contributed by atoms with Crippen molar-refractivity contribution in [1.29, 1.82) is 0 Å². The van der Waals surface area contributed by atoms with Gasteiger partial charge in [0.05, 0.1) is 21.5 Å². The van der Waals surface area contributed by atoms with Gasteiger partial charge in [-0.25, -0.2) is 0 Å². The van der Waals surface area contributed by atoms with Gasteiger partial charge in [0.25, 0.3) is 5.91 Å². The number of nitrogens with one attached hydrogen (secondary N) is 3. The molecule has 0 heterocycles. The lowest BCUT2D eigenvalue weighted by Crippen LogP contribution is -2.23. The lowest BCUT2D eigenvalue weighted by atomic mass is 10.1. The molecule has 0 bridgehead atoms. The van der Waals surface area contributed by atoms with Crippen molar-refractivity contribution in [2.24, 2.45) is 5.92 Å². The molecule has 2 aromatic rings. The molecule has 3 rings (SSSR count). The van der Waals surface area contributed by atoms with Crippen LogP contribution in [-0.2, 0) is 9.59 Å². The molecule has 3 amide bonds. The molecule has 202 valence electrons. The zero-order valence-corrected chi connectivity index (χ0v) is 24.9. The molecule has 3 N–H and O–H groups in total. The summed E-state index contributed by atoms with van der Waals surface area (Å²) >= 11 is 37.6. The predicted octanol–water partition coefficient (Wildman–Crippen LogP) is 7.89. The maximum absolute atomic E-state index is 13.1. The number of hydrogen-bond acceptors (Lipinski definition) is 3. The average molecular weight is 638 g/mol. The minimum atomic E-state index is -1.38. The third kappa shape index (κ3) is 7.38. The van der Waals surface area contributed by atoms with Crippen LogP contribution in [-0.4, -0.2) is 22.1 Å². The smallest absolute Gasteiger partial charge is 0.257 e. The standard InChI is InChI=1S/C26H23Cl6N3O3/c1-4-17(34-13(3)36)6-5-12(2)33-24(37)19-10-18(11-20(29)23(19)30)35-25(38)22-21(26(22,31)32)14-7-15(27)9-16(28)8-14/h5-11,21-22H,4H2,1-3H3,(H,33,37)(H,34,36)(H,35,38)/b12-5+,17-6+. The van der Waals surface area contributed by atoms with Gasteiger partial charge in [-0.1, -0.05) is 53.3 Å². The van der Waals surface area contributed by atoms with Crippen molar-refractivity contribution in [3.63, 3.8) is 0 Å². The normalized spacial score (nSPS) is 18.6. The van der Waals surface area contributed by atoms with Crippen LogP contribution in [0, 0.1) is 5.92 Å². The van der Waals surface area contributed by atoms with E-state index in [0.717, 1.165) is 0 Å². The van der Waals surface area contributed by atoms with E-state index in [9.17, 15) is 14.4 Å². The molecule has 0 radical (unpaired) electrons. The molecule has 2 aromatic carbocycles. The predicted molar refractivity (Wildman–Crippen MR) is 156 cm³/mol. The number of halogens is 6. The maximum Gasteiger partial charge on any atom is 0.257 e. The van der Waals surface area contributed by atoms with E-state index in [4.69, 9.17) is 69.6 Å². The van der Waals surface area contributed by atoms with Crippen molar-refractivity contribution in [2.45, 2.75) is 37.4 Å². The van der Waals surface area contributed by atoms with Crippen molar-refractivity contribution < 1.29 is 14.4 Å². The van der Waals surface area contributed by atoms with Gasteiger partial charge in [-0.2, -0.15) is 0 Å². The van der Waals surface area contributed by atoms with E-state index in [1.165, 1.54) is 19.1 Å². The quantitative estimate of drug-likeness (QED) is 0.203. The molecule has 12 heteroatoms. The van der Waals surface area contributed by atoms with E-state index >= 15 is 0 Å². The van der Waals surface area contributed by atoms with Crippen molar-refractivity contribution in [3.8, 4) is 0 Å². The summed E-state index contributed by atoms with van der Waals surface area (Å²) in [6.45, 7) is 4.97. The van der Waals surface area contributed by atoms with Crippen LogP contribution in [0.2, 0.25) is 20.1 Å². The molecule has 2 atom stereocenters. The number of hydrogen-bond donors (Lipinski definition) is 3. The molecule has 0 aliphatic heterocycles. The van der Waals surface area contributed by atoms with Gasteiger partial charge in [0.2, 0.25) is 11.8 Å². The first-order chi connectivity index (χ1) is 17.7. The fourth-order valence-electron chi connectivity index (χ4n) is 3.86. The van der Waals surface area contributed by atoms with Gasteiger partial charge in [-0.05, 0) is 61.4 Å². The minimum Gasteiger partial charge on any atom is -0.330 e. The Kier molecular flexibility index (Phi) is 10.1. The highest BCUT2D eigenvalue weighted by molar-refractivity contribution is 6.53. The Morgan fingerprint density at radius 3 is 2.13 bits per heavy atom. The second kappa shape index (κ2) is 12.5. The minimum absolute atomic E-state index is 0.0138. The van der Waals surface area contributed by atoms with Crippen molar-refractivity contribution in [2.75, 3.05) is 5.32 Å². The summed E-state index contributed by atoms with van der Waals surface area (Å²) in [7, 11) is 0. The SMILES string of the molecule is CC/C(=C\C=C(/C)NC(=O)c1cc(NC(=O)C2C(c3cc(Cl)cc(Cl)c3)C2(Cl)Cl)cc(Cl)c1Cl)NC(C)=O. The Morgan fingerprint density at radius 1 is 0.921 bits per heavy atom. The molecule has 0 aromatic heterocycles. The Morgan fingerprint density at radius 2 is 1.55 bits per heavy atom. The van der Waals surface area contributed by atoms with Gasteiger partial charge in [-0.15, -0.1) is 23.2 Å². The van der Waals surface area contributed by atoms with E-state index in [-0.39, 0.29) is 27.2 Å². The van der Waals surface area contributed by atoms with Gasteiger partial charge < -0.3 is 16.0 Å². The molecular weight excluding hydrogens is 615 g/mol. The Bertz CT molecular complexity index is 1340. The topological polar surface area (TPSA) is 87.3 Å². The number of allylic oxidation sites excluding steroid dienone is 4. The third-order valence-corrected chi connectivity index (χ3v) is 7.86. The van der Waals surface area contributed by atoms with Gasteiger partial charge >= 0.3 is 0 Å². The molecule has 6 nitrogen and oxygen atoms in total. The number of carbonyl (C=O) groups is 3. The first-order valence-corrected chi connectivity index (χ1v) is 13.6. The number of alkyl halides is 2. The van der Waals surface area contributed by atoms with Crippen LogP contribution in [0.25, 0.3) is 0 Å². The van der Waals surface area contributed by atoms with Crippen molar-refractivity contribution in [3.05, 3.63) is 85.1 Å². The highest BCUT2D eigenvalue weighted by Crippen LogP contribution is 2.65. The van der Waals surface area contributed by atoms with Crippen LogP contribution in [0.5, 0.6) is 0 Å². The largest absolute Gasteiger partial charge is 0.330 e. The highest BCUT2D eigenvalue weighted by atomic mass is 35.5. The summed E-state index contributed by atoms with van der Waals surface area (Å²) < 4.78 is -1.38. The summed E-state index contributed by atoms with van der Waals surface area (Å²) in [5.41, 5.74) is 2.07. The zero-order chi connectivity index (χ0) is 28.4. The van der Waals surface area contributed by atoms with Gasteiger partial charge in [0.1, 0.15) is 4.33 Å². The Hall–Kier alpha value is -1.93. The molecule has 0 saturated heterocycles. The van der Waals surface area contributed by atoms with E-state index in [1.807, 2.05) is 6.92 Å². The maximum atomic E-state index is 13.1. The first kappa shape index (κ1) is 30.6. The van der Waals surface area contributed by atoms with E-state index in [0.29, 0.717) is 33.4 Å². The second-order valence-electron chi connectivity index (χ2n) is 8.67. The van der Waals surface area contributed by atoms with Crippen LogP contribution in [0.4, 0.5) is 5.69 Å². The Labute approximate surface area is 250 Å². The average Bonchev–Trinajstić information content (AvgIpc) is 3.39. The molecule has 2 unspecified atom stereocenters. The highest BCUT2D eigenvalue weighted by Gasteiger charge is 2.67. The van der Waals surface area contributed by atoms with Crippen LogP contribution >= 0.6 is 69.6 Å². The van der Waals surface area contributed by atoms with Gasteiger partial charge in [0.15, 0.2) is 0 Å². The lowest BCUT2D eigenvalue weighted by molar-refractivity contribution is -0.118. The molecular formula is C26H23Cl6N3O3. The zero-order valence-electron chi connectivity index (χ0n) is 20.4. The summed E-state index contributed by atoms with van der Waals surface area (Å²) in [5, 5.41) is 8.98. The third-order valence-electron chi connectivity index (χ3n) is 5.68. The lowest BCUT2D eigenvalue weighted by Gasteiger charge is -2.12. The summed E-state index contributed by atoms with van der Waals surface area (Å²) in [5.74, 6) is -2.57. The van der Waals surface area contributed by atoms with Crippen LogP contribution in [0.3, 0.4) is 0 Å². The number of anilines is 1. The van der Waals surface area contributed by atoms with Crippen LogP contribution in [0.15, 0.2) is 53.9 Å². The van der Waals surface area contributed by atoms with Gasteiger partial charge in [0, 0.05) is 40.0 Å². The first-order valence-electron chi connectivity index (χ1n) is 11.3. The summed E-state index contributed by atoms with van der Waals surface area (Å²) in [6.07, 6.45) is 3.92. The monoisotopic (exact) mass is 635 g/mol. The second-order valence-corrected chi connectivity index (χ2v) is 11.8. The molecule has 1 saturated carbocycles. The van der Waals surface area contributed by atoms with Crippen molar-refractivity contribution in [1.82, 2.24) is 10.6 Å². The van der Waals surface area contributed by atoms with E-state index in [2.05, 4.69) is 16.0 Å². The fourth-order valence-corrected chi connectivity index (χ4v) is 5.64. The van der Waals surface area contributed by atoms with Crippen molar-refractivity contribution >= 4 is 93.0 Å². The summed E-state index contributed by atoms with van der Waals surface area (Å²) in [4.78, 5) is 37.3. The number of rotatable bonds is 8.